The van der Waals surface area contributed by atoms with Gasteiger partial charge in [-0.2, -0.15) is 0 Å². The first-order valence-corrected chi connectivity index (χ1v) is 15.5. The molecule has 0 bridgehead atoms. The van der Waals surface area contributed by atoms with Crippen molar-refractivity contribution in [3.05, 3.63) is 0 Å². The zero-order valence-corrected chi connectivity index (χ0v) is 19.4. The molecule has 0 saturated heterocycles. The van der Waals surface area contributed by atoms with Crippen molar-refractivity contribution in [2.45, 2.75) is 120 Å². The molecule has 0 atom stereocenters. The molecule has 0 unspecified atom stereocenters. The first-order valence-electron chi connectivity index (χ1n) is 10.3. The van der Waals surface area contributed by atoms with Gasteiger partial charge in [-0.3, -0.25) is 4.79 Å². The van der Waals surface area contributed by atoms with Gasteiger partial charge in [-0.05, 0) is 6.42 Å². The molecule has 0 aliphatic carbocycles. The summed E-state index contributed by atoms with van der Waals surface area (Å²) < 4.78 is 13.4. The Hall–Kier alpha value is 0.0687. The van der Waals surface area contributed by atoms with Crippen molar-refractivity contribution in [1.82, 2.24) is 0 Å². The average Bonchev–Trinajstić information content (AvgIpc) is 2.57. The molecule has 0 amide bonds. The maximum absolute atomic E-state index is 11.2. The molecule has 4 heteroatoms. The van der Waals surface area contributed by atoms with E-state index in [0.29, 0.717) is 6.42 Å². The second kappa shape index (κ2) is 23.1. The van der Waals surface area contributed by atoms with Crippen LogP contribution in [0.25, 0.3) is 0 Å². The van der Waals surface area contributed by atoms with Crippen molar-refractivity contribution in [1.29, 1.82) is 0 Å². The molecule has 0 aromatic carbocycles. The molecule has 0 aliphatic heterocycles. The molecule has 0 aromatic rings. The number of aliphatic carboxylic acids is 1. The fourth-order valence-corrected chi connectivity index (χ4v) is 7.44. The van der Waals surface area contributed by atoms with Crippen molar-refractivity contribution < 1.29 is 13.0 Å². The summed E-state index contributed by atoms with van der Waals surface area (Å²) >= 11 is -1.99. The molecule has 0 fully saturated rings. The fraction of sp³-hybridized carbons (Fsp3) is 0.950. The number of hydrogen-bond acceptors (Lipinski definition) is 2. The third kappa shape index (κ3) is 26.9. The standard InChI is InChI=1S/C12H24O2.2C4H9.O.Sn/c1-2-3-4-5-6-7-8-9-10-11-12(13)14;2*1-3-4-2;;/h2-11H2,1H3,(H,13,14);2*1,3-4H2,2H3;;. The van der Waals surface area contributed by atoms with E-state index >= 15 is 0 Å². The Bertz CT molecular complexity index is 270. The number of rotatable bonds is 16. The quantitative estimate of drug-likeness (QED) is 0.204. The van der Waals surface area contributed by atoms with E-state index in [4.69, 9.17) is 5.11 Å². The fourth-order valence-electron chi connectivity index (χ4n) is 2.46. The minimum absolute atomic E-state index is 0.343. The van der Waals surface area contributed by atoms with Crippen LogP contribution in [0.3, 0.4) is 0 Å². The van der Waals surface area contributed by atoms with E-state index in [9.17, 15) is 7.87 Å². The van der Waals surface area contributed by atoms with E-state index in [0.717, 1.165) is 21.7 Å². The van der Waals surface area contributed by atoms with Gasteiger partial charge >= 0.3 is 77.2 Å². The third-order valence-corrected chi connectivity index (χ3v) is 9.31. The first kappa shape index (κ1) is 26.3. The Morgan fingerprint density at radius 2 is 1.04 bits per heavy atom. The summed E-state index contributed by atoms with van der Waals surface area (Å²) in [6.07, 6.45) is 16.3. The van der Waals surface area contributed by atoms with Crippen LogP contribution in [-0.4, -0.2) is 30.8 Å². The Labute approximate surface area is 158 Å². The van der Waals surface area contributed by atoms with Gasteiger partial charge in [0.2, 0.25) is 0 Å². The van der Waals surface area contributed by atoms with E-state index in [-0.39, 0.29) is 0 Å². The van der Waals surface area contributed by atoms with Gasteiger partial charge in [0.25, 0.3) is 0 Å². The van der Waals surface area contributed by atoms with Crippen LogP contribution in [0.1, 0.15) is 111 Å². The van der Waals surface area contributed by atoms with Crippen molar-refractivity contribution in [3.8, 4) is 0 Å². The summed E-state index contributed by atoms with van der Waals surface area (Å²) in [4.78, 5) is 10.2. The molecule has 0 heterocycles. The molecule has 0 aliphatic rings. The van der Waals surface area contributed by atoms with E-state index < -0.39 is 25.7 Å². The summed E-state index contributed by atoms with van der Waals surface area (Å²) in [7, 11) is 0. The van der Waals surface area contributed by atoms with Crippen molar-refractivity contribution in [3.63, 3.8) is 0 Å². The Balaban J connectivity index is 0. The van der Waals surface area contributed by atoms with Gasteiger partial charge in [0, 0.05) is 6.42 Å². The molecule has 3 nitrogen and oxygen atoms in total. The van der Waals surface area contributed by atoms with Gasteiger partial charge in [-0.1, -0.05) is 58.3 Å². The Morgan fingerprint density at radius 1 is 0.667 bits per heavy atom. The topological polar surface area (TPSA) is 54.4 Å². The number of hydrogen-bond donors (Lipinski definition) is 1. The summed E-state index contributed by atoms with van der Waals surface area (Å²) in [6, 6.07) is 0. The third-order valence-electron chi connectivity index (χ3n) is 4.11. The zero-order valence-electron chi connectivity index (χ0n) is 16.6. The van der Waals surface area contributed by atoms with Gasteiger partial charge in [0.05, 0.1) is 0 Å². The van der Waals surface area contributed by atoms with Crippen LogP contribution in [-0.2, 0) is 7.87 Å². The summed E-state index contributed by atoms with van der Waals surface area (Å²) in [5.74, 6) is -0.659. The van der Waals surface area contributed by atoms with Gasteiger partial charge in [0.15, 0.2) is 0 Å². The van der Waals surface area contributed by atoms with Gasteiger partial charge in [-0.15, -0.1) is 0 Å². The SMILES string of the molecule is CCCCCCCCCCCC(=O)O.CCC[CH2][Sn](=[O])[CH2]CCC. The Kier molecular flexibility index (Phi) is 25.3. The molecule has 0 saturated carbocycles. The number of carboxylic acids is 1. The van der Waals surface area contributed by atoms with E-state index in [1.54, 1.807) is 0 Å². The molecule has 0 aromatic heterocycles. The van der Waals surface area contributed by atoms with Crippen LogP contribution in [0.4, 0.5) is 0 Å². The number of unbranched alkanes of at least 4 members (excludes halogenated alkanes) is 10. The van der Waals surface area contributed by atoms with Crippen LogP contribution in [0.5, 0.6) is 0 Å². The number of carboxylic acid groups (broad SMARTS) is 1. The second-order valence-corrected chi connectivity index (χ2v) is 12.6. The molecule has 0 spiro atoms. The van der Waals surface area contributed by atoms with E-state index in [2.05, 4.69) is 20.8 Å². The first-order chi connectivity index (χ1) is 11.6. The van der Waals surface area contributed by atoms with Crippen LogP contribution < -0.4 is 0 Å². The monoisotopic (exact) mass is 450 g/mol. The van der Waals surface area contributed by atoms with E-state index in [1.165, 1.54) is 70.6 Å². The summed E-state index contributed by atoms with van der Waals surface area (Å²) in [6.45, 7) is 6.55. The summed E-state index contributed by atoms with van der Waals surface area (Å²) in [5, 5.41) is 8.41. The molecular weight excluding hydrogens is 407 g/mol. The molecule has 1 N–H and O–H groups in total. The predicted molar refractivity (Wildman–Crippen MR) is 105 cm³/mol. The zero-order chi connectivity index (χ0) is 18.5. The number of carbonyl (C=O) groups is 1. The van der Waals surface area contributed by atoms with Gasteiger partial charge < -0.3 is 5.11 Å². The molecular formula is C20H42O3Sn. The molecule has 0 radical (unpaired) electrons. The van der Waals surface area contributed by atoms with Gasteiger partial charge in [-0.25, -0.2) is 0 Å². The van der Waals surface area contributed by atoms with Gasteiger partial charge in [0.1, 0.15) is 0 Å². The van der Waals surface area contributed by atoms with Crippen molar-refractivity contribution in [2.75, 3.05) is 0 Å². The van der Waals surface area contributed by atoms with Crippen molar-refractivity contribution in [2.24, 2.45) is 0 Å². The van der Waals surface area contributed by atoms with Crippen molar-refractivity contribution >= 4 is 25.7 Å². The summed E-state index contributed by atoms with van der Waals surface area (Å²) in [5.41, 5.74) is 0. The Morgan fingerprint density at radius 3 is 1.42 bits per heavy atom. The maximum atomic E-state index is 11.2. The van der Waals surface area contributed by atoms with Crippen LogP contribution in [0.15, 0.2) is 0 Å². The molecule has 144 valence electrons. The van der Waals surface area contributed by atoms with Crippen LogP contribution >= 0.6 is 0 Å². The second-order valence-electron chi connectivity index (χ2n) is 6.72. The minimum atomic E-state index is -1.99. The van der Waals surface area contributed by atoms with Crippen LogP contribution in [0.2, 0.25) is 8.87 Å². The normalized spacial score (nSPS) is 10.1. The molecule has 0 rings (SSSR count). The van der Waals surface area contributed by atoms with E-state index in [1.807, 2.05) is 0 Å². The van der Waals surface area contributed by atoms with Crippen LogP contribution in [0, 0.1) is 0 Å². The predicted octanol–water partition coefficient (Wildman–Crippen LogP) is 7.00. The molecule has 24 heavy (non-hydrogen) atoms. The average molecular weight is 449 g/mol.